The summed E-state index contributed by atoms with van der Waals surface area (Å²) in [5.74, 6) is 8.76. The summed E-state index contributed by atoms with van der Waals surface area (Å²) in [6, 6.07) is 8.43. The van der Waals surface area contributed by atoms with Crippen LogP contribution in [0.5, 0.6) is 17.5 Å². The summed E-state index contributed by atoms with van der Waals surface area (Å²) >= 11 is 0. The lowest BCUT2D eigenvalue weighted by molar-refractivity contribution is -0.154. The number of rotatable bonds is 5. The van der Waals surface area contributed by atoms with E-state index in [4.69, 9.17) is 9.47 Å². The zero-order chi connectivity index (χ0) is 24.9. The molecule has 0 bridgehead atoms. The molecule has 0 aliphatic carbocycles. The van der Waals surface area contributed by atoms with Crippen LogP contribution in [0.1, 0.15) is 17.0 Å². The fourth-order valence-electron chi connectivity index (χ4n) is 2.89. The molecule has 2 aromatic carbocycles. The number of hydrogen-bond donors (Lipinski definition) is 2. The highest BCUT2D eigenvalue weighted by molar-refractivity contribution is 5.56. The molecule has 0 unspecified atom stereocenters. The Morgan fingerprint density at radius 2 is 1.62 bits per heavy atom. The van der Waals surface area contributed by atoms with Crippen molar-refractivity contribution in [3.63, 3.8) is 0 Å². The molecule has 1 aliphatic rings. The van der Waals surface area contributed by atoms with Crippen molar-refractivity contribution in [2.24, 2.45) is 11.7 Å². The van der Waals surface area contributed by atoms with Gasteiger partial charge in [-0.05, 0) is 29.8 Å². The molecule has 2 heterocycles. The number of halogens is 6. The summed E-state index contributed by atoms with van der Waals surface area (Å²) in [6.07, 6.45) is -9.23. The topological polar surface area (TPSA) is 118 Å². The van der Waals surface area contributed by atoms with Crippen LogP contribution in [0.4, 0.5) is 26.3 Å². The molecule has 0 fully saturated rings. The van der Waals surface area contributed by atoms with Gasteiger partial charge in [0.05, 0.1) is 5.56 Å². The maximum absolute atomic E-state index is 13.1. The number of benzene rings is 2. The summed E-state index contributed by atoms with van der Waals surface area (Å²) in [4.78, 5) is 11.8. The van der Waals surface area contributed by atoms with Crippen LogP contribution >= 0.6 is 0 Å². The minimum atomic E-state index is -4.65. The van der Waals surface area contributed by atoms with Gasteiger partial charge in [-0.15, -0.1) is 0 Å². The lowest BCUT2D eigenvalue weighted by atomic mass is 10.1. The number of hydrazine groups is 1. The normalized spacial score (nSPS) is 12.7. The number of hydrogen-bond acceptors (Lipinski definition) is 8. The van der Waals surface area contributed by atoms with E-state index in [1.165, 1.54) is 6.07 Å². The van der Waals surface area contributed by atoms with Crippen molar-refractivity contribution in [3.8, 4) is 28.9 Å². The Bertz CT molecular complexity index is 1140. The third-order valence-electron chi connectivity index (χ3n) is 4.27. The zero-order valence-corrected chi connectivity index (χ0v) is 17.2. The van der Waals surface area contributed by atoms with Crippen LogP contribution < -0.4 is 25.9 Å². The van der Waals surface area contributed by atoms with Gasteiger partial charge in [-0.2, -0.15) is 36.3 Å². The molecule has 4 N–H and O–H groups in total. The lowest BCUT2D eigenvalue weighted by Gasteiger charge is -2.12. The van der Waals surface area contributed by atoms with Crippen LogP contribution in [0.25, 0.3) is 11.4 Å². The minimum Gasteiger partial charge on any atom is -0.454 e. The molecule has 8 nitrogen and oxygen atoms in total. The van der Waals surface area contributed by atoms with Crippen LogP contribution in [0.3, 0.4) is 0 Å². The van der Waals surface area contributed by atoms with Gasteiger partial charge in [0, 0.05) is 12.0 Å². The predicted octanol–water partition coefficient (Wildman–Crippen LogP) is 3.64. The van der Waals surface area contributed by atoms with E-state index in [2.05, 4.69) is 31.4 Å². The van der Waals surface area contributed by atoms with Crippen molar-refractivity contribution in [1.82, 2.24) is 15.0 Å². The molecule has 14 heteroatoms. The van der Waals surface area contributed by atoms with Gasteiger partial charge in [0.25, 0.3) is 0 Å². The molecule has 0 atom stereocenters. The third-order valence-corrected chi connectivity index (χ3v) is 4.27. The Kier molecular flexibility index (Phi) is 7.41. The maximum atomic E-state index is 13.1. The molecule has 0 saturated carbocycles. The van der Waals surface area contributed by atoms with E-state index in [0.717, 1.165) is 18.2 Å². The second kappa shape index (κ2) is 10.1. The van der Waals surface area contributed by atoms with Gasteiger partial charge in [0.15, 0.2) is 23.9 Å². The minimum absolute atomic E-state index is 0.00320. The predicted molar refractivity (Wildman–Crippen MR) is 106 cm³/mol. The Morgan fingerprint density at radius 3 is 2.32 bits per heavy atom. The van der Waals surface area contributed by atoms with Crippen LogP contribution in [-0.2, 0) is 12.6 Å². The van der Waals surface area contributed by atoms with Crippen LogP contribution in [0.15, 0.2) is 42.5 Å². The van der Waals surface area contributed by atoms with Crippen LogP contribution in [0, 0.1) is 0 Å². The van der Waals surface area contributed by atoms with Gasteiger partial charge in [-0.25, -0.2) is 4.98 Å². The molecule has 1 aliphatic heterocycles. The smallest absolute Gasteiger partial charge is 0.422 e. The van der Waals surface area contributed by atoms with E-state index in [0.29, 0.717) is 17.1 Å². The first-order valence-corrected chi connectivity index (χ1v) is 9.41. The molecule has 1 aromatic heterocycles. The molecular formula is C20H17F6N5O3. The van der Waals surface area contributed by atoms with E-state index >= 15 is 0 Å². The molecular weight excluding hydrogens is 472 g/mol. The lowest BCUT2D eigenvalue weighted by Crippen LogP contribution is -2.20. The number of ether oxygens (including phenoxy) is 3. The average molecular weight is 489 g/mol. The molecule has 0 spiro atoms. The Morgan fingerprint density at radius 1 is 0.882 bits per heavy atom. The molecule has 182 valence electrons. The summed E-state index contributed by atoms with van der Waals surface area (Å²) in [6.45, 7) is -1.61. The highest BCUT2D eigenvalue weighted by Gasteiger charge is 2.31. The van der Waals surface area contributed by atoms with Crippen molar-refractivity contribution in [2.45, 2.75) is 18.8 Å². The standard InChI is InChI=1S/C20H13F6N3O3.H4N2/c21-19(22,23)9-30-18-28-16(7-11-4-5-14-15(6-11)32-10-31-14)27-17(29-18)12-2-1-3-13(8-12)20(24,25)26;1-2/h1-6,8H,7,9-10H2;1-2H2. The molecule has 4 rings (SSSR count). The Balaban J connectivity index is 0.00000158. The van der Waals surface area contributed by atoms with E-state index in [1.807, 2.05) is 0 Å². The monoisotopic (exact) mass is 489 g/mol. The summed E-state index contributed by atoms with van der Waals surface area (Å²) in [5.41, 5.74) is -0.367. The zero-order valence-electron chi connectivity index (χ0n) is 17.2. The first-order valence-electron chi connectivity index (χ1n) is 9.41. The highest BCUT2D eigenvalue weighted by atomic mass is 19.4. The van der Waals surface area contributed by atoms with Gasteiger partial charge in [-0.1, -0.05) is 18.2 Å². The van der Waals surface area contributed by atoms with Gasteiger partial charge in [0.1, 0.15) is 5.82 Å². The van der Waals surface area contributed by atoms with Gasteiger partial charge in [-0.3, -0.25) is 11.7 Å². The fraction of sp³-hybridized carbons (Fsp3) is 0.250. The largest absolute Gasteiger partial charge is 0.454 e. The van der Waals surface area contributed by atoms with Gasteiger partial charge in [0.2, 0.25) is 6.79 Å². The van der Waals surface area contributed by atoms with E-state index in [9.17, 15) is 26.3 Å². The molecule has 0 amide bonds. The molecule has 3 aromatic rings. The number of alkyl halides is 6. The van der Waals surface area contributed by atoms with Crippen molar-refractivity contribution >= 4 is 0 Å². The number of nitrogens with two attached hydrogens (primary N) is 2. The second-order valence-corrected chi connectivity index (χ2v) is 6.70. The molecule has 0 saturated heterocycles. The second-order valence-electron chi connectivity index (χ2n) is 6.70. The first-order chi connectivity index (χ1) is 16.1. The van der Waals surface area contributed by atoms with E-state index in [-0.39, 0.29) is 30.4 Å². The highest BCUT2D eigenvalue weighted by Crippen LogP contribution is 2.34. The summed E-state index contributed by atoms with van der Waals surface area (Å²) in [7, 11) is 0. The van der Waals surface area contributed by atoms with Crippen LogP contribution in [0.2, 0.25) is 0 Å². The van der Waals surface area contributed by atoms with E-state index < -0.39 is 30.5 Å². The van der Waals surface area contributed by atoms with Crippen molar-refractivity contribution < 1.29 is 40.6 Å². The van der Waals surface area contributed by atoms with E-state index in [1.54, 1.807) is 18.2 Å². The maximum Gasteiger partial charge on any atom is 0.422 e. The summed E-state index contributed by atoms with van der Waals surface area (Å²) < 4.78 is 92.1. The molecule has 34 heavy (non-hydrogen) atoms. The SMILES string of the molecule is FC(F)(F)COc1nc(Cc2ccc3c(c2)OCO3)nc(-c2cccc(C(F)(F)F)c2)n1.NN. The van der Waals surface area contributed by atoms with Crippen LogP contribution in [-0.4, -0.2) is 34.5 Å². The third kappa shape index (κ3) is 6.45. The summed E-state index contributed by atoms with van der Waals surface area (Å²) in [5, 5.41) is 0. The van der Waals surface area contributed by atoms with Gasteiger partial charge >= 0.3 is 18.4 Å². The van der Waals surface area contributed by atoms with Crippen molar-refractivity contribution in [3.05, 3.63) is 59.4 Å². The number of fused-ring (bicyclic) bond motifs is 1. The van der Waals surface area contributed by atoms with Crippen molar-refractivity contribution in [1.29, 1.82) is 0 Å². The Hall–Kier alpha value is -3.65. The quantitative estimate of drug-likeness (QED) is 0.317. The average Bonchev–Trinajstić information content (AvgIpc) is 3.26. The number of aromatic nitrogens is 3. The Labute approximate surface area is 188 Å². The first kappa shape index (κ1) is 25.0. The van der Waals surface area contributed by atoms with Gasteiger partial charge < -0.3 is 14.2 Å². The van der Waals surface area contributed by atoms with Crippen molar-refractivity contribution in [2.75, 3.05) is 13.4 Å². The fourth-order valence-corrected chi connectivity index (χ4v) is 2.89. The molecule has 0 radical (unpaired) electrons. The number of nitrogens with zero attached hydrogens (tertiary/aromatic N) is 3.